The molecule has 2 heterocycles. The van der Waals surface area contributed by atoms with Crippen molar-refractivity contribution < 1.29 is 44.4 Å². The zero-order valence-corrected chi connectivity index (χ0v) is 35.5. The molecule has 19 heteroatoms. The van der Waals surface area contributed by atoms with Crippen LogP contribution in [0.15, 0.2) is 18.2 Å². The maximum Gasteiger partial charge on any atom is 0.401 e. The summed E-state index contributed by atoms with van der Waals surface area (Å²) in [5, 5.41) is 4.00. The van der Waals surface area contributed by atoms with E-state index in [1.54, 1.807) is 12.1 Å². The summed E-state index contributed by atoms with van der Waals surface area (Å²) in [6.07, 6.45) is 0.351. The minimum Gasteiger partial charge on any atom is -0.344 e. The highest BCUT2D eigenvalue weighted by molar-refractivity contribution is 7.91. The molecular formula is C39H52ClF3N6O7S2. The van der Waals surface area contributed by atoms with Gasteiger partial charge in [0.15, 0.2) is 0 Å². The lowest BCUT2D eigenvalue weighted by Gasteiger charge is -2.32. The number of halogens is 4. The molecule has 2 aliphatic carbocycles. The molecule has 2 saturated heterocycles. The second kappa shape index (κ2) is 17.2. The van der Waals surface area contributed by atoms with Gasteiger partial charge in [0, 0.05) is 43.0 Å². The van der Waals surface area contributed by atoms with Gasteiger partial charge in [-0.1, -0.05) is 38.4 Å². The van der Waals surface area contributed by atoms with Crippen molar-refractivity contribution in [1.82, 2.24) is 19.2 Å². The number of piperidine rings is 2. The summed E-state index contributed by atoms with van der Waals surface area (Å²) >= 11 is 6.63. The number of anilines is 2. The molecule has 0 bridgehead atoms. The predicted octanol–water partition coefficient (Wildman–Crippen LogP) is 6.41. The van der Waals surface area contributed by atoms with Crippen molar-refractivity contribution >= 4 is 61.0 Å². The molecule has 6 rings (SSSR count). The molecule has 0 radical (unpaired) electrons. The zero-order chi connectivity index (χ0) is 42.3. The number of fused-ring (bicyclic) bond motifs is 2. The van der Waals surface area contributed by atoms with Gasteiger partial charge in [0.05, 0.1) is 17.0 Å². The summed E-state index contributed by atoms with van der Waals surface area (Å²) < 4.78 is 96.3. The molecule has 4 aliphatic rings. The van der Waals surface area contributed by atoms with Crippen molar-refractivity contribution in [2.45, 2.75) is 113 Å². The van der Waals surface area contributed by atoms with Crippen LogP contribution in [0.5, 0.6) is 0 Å². The quantitative estimate of drug-likeness (QED) is 0.201. The van der Waals surface area contributed by atoms with E-state index >= 15 is 0 Å². The summed E-state index contributed by atoms with van der Waals surface area (Å²) in [5.74, 6) is -0.344. The smallest absolute Gasteiger partial charge is 0.344 e. The first-order valence-corrected chi connectivity index (χ1v) is 23.2. The normalized spacial score (nSPS) is 22.1. The molecule has 4 atom stereocenters. The second-order valence-electron chi connectivity index (χ2n) is 16.7. The monoisotopic (exact) mass is 872 g/mol. The van der Waals surface area contributed by atoms with Crippen LogP contribution < -0.4 is 20.1 Å². The number of carbonyl (C=O) groups is 3. The predicted molar refractivity (Wildman–Crippen MR) is 216 cm³/mol. The van der Waals surface area contributed by atoms with Gasteiger partial charge >= 0.3 is 18.2 Å². The van der Waals surface area contributed by atoms with Crippen LogP contribution in [0.1, 0.15) is 105 Å². The summed E-state index contributed by atoms with van der Waals surface area (Å²) in [7, 11) is -6.87. The van der Waals surface area contributed by atoms with Crippen LogP contribution in [0.25, 0.3) is 0 Å². The first-order chi connectivity index (χ1) is 27.1. The van der Waals surface area contributed by atoms with Gasteiger partial charge in [0.1, 0.15) is 0 Å². The Balaban J connectivity index is 1.17. The Morgan fingerprint density at radius 1 is 0.828 bits per heavy atom. The van der Waals surface area contributed by atoms with E-state index in [1.807, 2.05) is 20.8 Å². The fraction of sp³-hybridized carbons (Fsp3) is 0.615. The van der Waals surface area contributed by atoms with Crippen molar-refractivity contribution in [1.29, 1.82) is 0 Å². The number of nitrogens with zero attached hydrogens (tertiary/aromatic N) is 2. The Morgan fingerprint density at radius 2 is 1.47 bits per heavy atom. The number of aryl methyl sites for hydroxylation is 1. The molecule has 0 aromatic heterocycles. The zero-order valence-electron chi connectivity index (χ0n) is 33.1. The van der Waals surface area contributed by atoms with E-state index in [1.165, 1.54) is 11.9 Å². The van der Waals surface area contributed by atoms with E-state index in [4.69, 9.17) is 11.6 Å². The third-order valence-corrected chi connectivity index (χ3v) is 15.6. The fourth-order valence-corrected chi connectivity index (χ4v) is 12.0. The second-order valence-corrected chi connectivity index (χ2v) is 21.0. The van der Waals surface area contributed by atoms with E-state index < -0.39 is 55.3 Å². The lowest BCUT2D eigenvalue weighted by atomic mass is 9.85. The third-order valence-electron chi connectivity index (χ3n) is 11.9. The van der Waals surface area contributed by atoms with Crippen LogP contribution in [-0.4, -0.2) is 94.5 Å². The molecule has 320 valence electrons. The summed E-state index contributed by atoms with van der Waals surface area (Å²) in [6.45, 7) is 4.44. The maximum absolute atomic E-state index is 13.4. The van der Waals surface area contributed by atoms with Gasteiger partial charge in [-0.05, 0) is 128 Å². The van der Waals surface area contributed by atoms with Crippen molar-refractivity contribution in [2.24, 2.45) is 5.92 Å². The molecule has 0 spiro atoms. The minimum atomic E-state index is -4.47. The highest BCUT2D eigenvalue weighted by atomic mass is 35.5. The SMILES string of the molecule is CC(C)c1cc(Cl)cc(C(C)CC2Cc3cc4c(c(NC(=O)NS(=O)(=O)C5CCCN(CC(F)(F)F)C5)c3C2)CCC4)c1NC(=O)NS(=O)(=O)C1CCC(=O)N(C)C1. The van der Waals surface area contributed by atoms with Crippen LogP contribution >= 0.6 is 11.6 Å². The number of nitrogens with one attached hydrogen (secondary N) is 4. The molecule has 2 aromatic rings. The van der Waals surface area contributed by atoms with Crippen LogP contribution in [0.4, 0.5) is 34.1 Å². The molecule has 5 amide bonds. The Labute approximate surface area is 343 Å². The number of likely N-dealkylation sites (tertiary alicyclic amines) is 2. The van der Waals surface area contributed by atoms with E-state index in [2.05, 4.69) is 26.1 Å². The molecule has 58 heavy (non-hydrogen) atoms. The summed E-state index contributed by atoms with van der Waals surface area (Å²) in [6, 6.07) is 3.81. The minimum absolute atomic E-state index is 0.0244. The van der Waals surface area contributed by atoms with E-state index in [9.17, 15) is 44.4 Å². The fourth-order valence-electron chi connectivity index (χ4n) is 9.12. The average Bonchev–Trinajstić information content (AvgIpc) is 3.75. The number of amides is 5. The topological polar surface area (TPSA) is 174 Å². The summed E-state index contributed by atoms with van der Waals surface area (Å²) in [5.41, 5.74) is 6.47. The van der Waals surface area contributed by atoms with Gasteiger partial charge in [-0.25, -0.2) is 35.9 Å². The number of rotatable bonds is 11. The van der Waals surface area contributed by atoms with Crippen LogP contribution in [0.3, 0.4) is 0 Å². The Bertz CT molecular complexity index is 2170. The number of benzene rings is 2. The third kappa shape index (κ3) is 10.2. The lowest BCUT2D eigenvalue weighted by molar-refractivity contribution is -0.147. The van der Waals surface area contributed by atoms with Gasteiger partial charge in [-0.2, -0.15) is 13.2 Å². The van der Waals surface area contributed by atoms with E-state index in [0.29, 0.717) is 42.1 Å². The van der Waals surface area contributed by atoms with E-state index in [-0.39, 0.29) is 69.0 Å². The standard InChI is InChI=1S/C39H52ClF3N6O7S2/c1-22(2)31-17-27(40)18-32(36(31)45-38(52)47-58(55,56)29-10-11-34(50)48(4)19-29)23(3)13-24-14-26-16-25-7-5-9-30(25)35(33(26)15-24)44-37(51)46-57(53,54)28-8-6-12-49(20-28)21-39(41,42)43/h16-18,22-24,28-29H,5-15,19-21H2,1-4H3,(H2,44,46,51)(H2,45,47,52). The largest absolute Gasteiger partial charge is 0.401 e. The Morgan fingerprint density at radius 3 is 2.10 bits per heavy atom. The average molecular weight is 873 g/mol. The van der Waals surface area contributed by atoms with Crippen LogP contribution in [0, 0.1) is 5.92 Å². The molecule has 2 aromatic carbocycles. The maximum atomic E-state index is 13.4. The van der Waals surface area contributed by atoms with Gasteiger partial charge in [-0.3, -0.25) is 9.69 Å². The molecule has 2 fully saturated rings. The van der Waals surface area contributed by atoms with Crippen molar-refractivity contribution in [3.05, 3.63) is 56.6 Å². The number of sulfonamides is 2. The van der Waals surface area contributed by atoms with Gasteiger partial charge in [0.25, 0.3) is 0 Å². The van der Waals surface area contributed by atoms with Crippen molar-refractivity contribution in [3.63, 3.8) is 0 Å². The molecule has 4 unspecified atom stereocenters. The first-order valence-electron chi connectivity index (χ1n) is 19.8. The summed E-state index contributed by atoms with van der Waals surface area (Å²) in [4.78, 5) is 41.1. The molecule has 2 aliphatic heterocycles. The number of hydrogen-bond acceptors (Lipinski definition) is 8. The Hall–Kier alpha value is -3.61. The van der Waals surface area contributed by atoms with Crippen LogP contribution in [-0.2, 0) is 50.5 Å². The number of alkyl halides is 3. The molecular weight excluding hydrogens is 821 g/mol. The van der Waals surface area contributed by atoms with Gasteiger partial charge in [0.2, 0.25) is 26.0 Å². The highest BCUT2D eigenvalue weighted by Gasteiger charge is 2.39. The van der Waals surface area contributed by atoms with Gasteiger partial charge < -0.3 is 15.5 Å². The van der Waals surface area contributed by atoms with E-state index in [0.717, 1.165) is 51.1 Å². The number of hydrogen-bond donors (Lipinski definition) is 4. The van der Waals surface area contributed by atoms with Crippen LogP contribution in [0.2, 0.25) is 5.02 Å². The molecule has 4 N–H and O–H groups in total. The number of carbonyl (C=O) groups excluding carboxylic acids is 3. The van der Waals surface area contributed by atoms with Gasteiger partial charge in [-0.15, -0.1) is 0 Å². The number of urea groups is 2. The molecule has 13 nitrogen and oxygen atoms in total. The first kappa shape index (κ1) is 44.0. The highest BCUT2D eigenvalue weighted by Crippen LogP contribution is 2.44. The molecule has 0 saturated carbocycles. The lowest BCUT2D eigenvalue weighted by Crippen LogP contribution is -2.50. The Kier molecular flexibility index (Phi) is 13.0. The van der Waals surface area contributed by atoms with Crippen molar-refractivity contribution in [2.75, 3.05) is 43.9 Å². The van der Waals surface area contributed by atoms with Crippen molar-refractivity contribution in [3.8, 4) is 0 Å².